The average Bonchev–Trinajstić information content (AvgIpc) is 3.43. The minimum Gasteiger partial charge on any atom is -0.468 e. The highest BCUT2D eigenvalue weighted by molar-refractivity contribution is 7.52. The zero-order chi connectivity index (χ0) is 26.8. The number of methoxy groups -OCH3 is 1. The molecule has 196 valence electrons. The molecule has 0 spiro atoms. The zero-order valence-electron chi connectivity index (χ0n) is 19.8. The molecule has 2 aromatic heterocycles. The minimum atomic E-state index is -4.36. The van der Waals surface area contributed by atoms with Crippen molar-refractivity contribution in [1.29, 1.82) is 5.26 Å². The van der Waals surface area contributed by atoms with Crippen LogP contribution in [0.2, 0.25) is 0 Å². The number of hydrogen-bond donors (Lipinski definition) is 4. The van der Waals surface area contributed by atoms with Crippen LogP contribution in [-0.2, 0) is 23.4 Å². The van der Waals surface area contributed by atoms with E-state index in [9.17, 15) is 24.8 Å². The highest BCUT2D eigenvalue weighted by Crippen LogP contribution is 2.48. The molecule has 0 aliphatic carbocycles. The van der Waals surface area contributed by atoms with Crippen molar-refractivity contribution in [3.63, 3.8) is 0 Å². The van der Waals surface area contributed by atoms with Crippen molar-refractivity contribution in [2.75, 3.05) is 19.5 Å². The molecular weight excluding hydrogens is 507 g/mol. The number of benzene rings is 1. The topological polar surface area (TPSA) is 204 Å². The summed E-state index contributed by atoms with van der Waals surface area (Å²) in [6.45, 7) is 0.575. The minimum absolute atomic E-state index is 0.143. The Labute approximate surface area is 211 Å². The molecule has 5 N–H and O–H groups in total. The molecule has 1 aliphatic heterocycles. The van der Waals surface area contributed by atoms with Crippen molar-refractivity contribution in [3.05, 3.63) is 54.5 Å². The van der Waals surface area contributed by atoms with E-state index in [1.807, 2.05) is 6.07 Å². The molecule has 1 aliphatic rings. The lowest BCUT2D eigenvalue weighted by atomic mass is 9.96. The van der Waals surface area contributed by atoms with E-state index in [4.69, 9.17) is 19.5 Å². The van der Waals surface area contributed by atoms with Gasteiger partial charge in [-0.1, -0.05) is 18.2 Å². The lowest BCUT2D eigenvalue weighted by Gasteiger charge is -2.28. The summed E-state index contributed by atoms with van der Waals surface area (Å²) in [5.74, 6) is -0.428. The number of esters is 1. The Morgan fingerprint density at radius 2 is 2.08 bits per heavy atom. The van der Waals surface area contributed by atoms with Crippen LogP contribution in [0.1, 0.15) is 18.7 Å². The van der Waals surface area contributed by atoms with Gasteiger partial charge in [0.1, 0.15) is 54.6 Å². The van der Waals surface area contributed by atoms with E-state index in [0.29, 0.717) is 5.52 Å². The Balaban J connectivity index is 1.60. The lowest BCUT2D eigenvalue weighted by molar-refractivity contribution is -0.142. The second-order valence-electron chi connectivity index (χ2n) is 8.22. The quantitative estimate of drug-likeness (QED) is 0.222. The van der Waals surface area contributed by atoms with Crippen LogP contribution >= 0.6 is 7.75 Å². The Hall–Kier alpha value is -3.57. The maximum atomic E-state index is 13.6. The molecule has 14 nitrogen and oxygen atoms in total. The molecule has 0 unspecified atom stereocenters. The number of nitrogens with one attached hydrogen (secondary N) is 1. The molecule has 1 fully saturated rings. The number of carbonyl (C=O) groups is 1. The monoisotopic (exact) mass is 532 g/mol. The molecule has 15 heteroatoms. The van der Waals surface area contributed by atoms with Crippen LogP contribution in [0.3, 0.4) is 0 Å². The molecule has 0 saturated carbocycles. The van der Waals surface area contributed by atoms with Crippen LogP contribution in [0.15, 0.2) is 48.8 Å². The average molecular weight is 532 g/mol. The van der Waals surface area contributed by atoms with Gasteiger partial charge >= 0.3 is 13.7 Å². The van der Waals surface area contributed by atoms with Crippen molar-refractivity contribution in [1.82, 2.24) is 19.7 Å². The highest BCUT2D eigenvalue weighted by Gasteiger charge is 2.57. The predicted molar refractivity (Wildman–Crippen MR) is 127 cm³/mol. The molecule has 0 amide bonds. The number of aliphatic hydroxyl groups is 2. The van der Waals surface area contributed by atoms with E-state index in [2.05, 4.69) is 19.9 Å². The molecule has 4 rings (SSSR count). The number of carbonyl (C=O) groups excluding carboxylic acids is 1. The molecule has 6 atom stereocenters. The van der Waals surface area contributed by atoms with Gasteiger partial charge < -0.3 is 29.9 Å². The Bertz CT molecular complexity index is 1360. The van der Waals surface area contributed by atoms with Crippen molar-refractivity contribution in [2.45, 2.75) is 36.9 Å². The van der Waals surface area contributed by atoms with Gasteiger partial charge in [0.2, 0.25) is 5.60 Å². The summed E-state index contributed by atoms with van der Waals surface area (Å²) < 4.78 is 36.5. The molecule has 3 heterocycles. The number of nitrogens with two attached hydrogens (primary N) is 1. The summed E-state index contributed by atoms with van der Waals surface area (Å²) in [5, 5.41) is 38.1. The van der Waals surface area contributed by atoms with E-state index in [0.717, 1.165) is 7.11 Å². The van der Waals surface area contributed by atoms with Gasteiger partial charge in [-0.2, -0.15) is 15.4 Å². The number of nitrogen functional groups attached to an aromatic ring is 1. The van der Waals surface area contributed by atoms with Crippen molar-refractivity contribution >= 4 is 25.1 Å². The maximum absolute atomic E-state index is 13.6. The van der Waals surface area contributed by atoms with Gasteiger partial charge in [-0.3, -0.25) is 9.32 Å². The Morgan fingerprint density at radius 1 is 1.35 bits per heavy atom. The lowest BCUT2D eigenvalue weighted by Crippen LogP contribution is -2.46. The predicted octanol–water partition coefficient (Wildman–Crippen LogP) is 0.722. The van der Waals surface area contributed by atoms with Crippen molar-refractivity contribution in [2.24, 2.45) is 0 Å². The summed E-state index contributed by atoms with van der Waals surface area (Å²) in [6.07, 6.45) is -3.40. The third kappa shape index (κ3) is 5.14. The van der Waals surface area contributed by atoms with Crippen molar-refractivity contribution in [3.8, 4) is 11.8 Å². The zero-order valence-corrected chi connectivity index (χ0v) is 20.7. The summed E-state index contributed by atoms with van der Waals surface area (Å²) in [4.78, 5) is 15.8. The van der Waals surface area contributed by atoms with Gasteiger partial charge in [0.25, 0.3) is 0 Å². The first kappa shape index (κ1) is 26.5. The number of aliphatic hydroxyl groups excluding tert-OH is 2. The standard InChI is InChI=1S/C22H25N6O8P/c1-13(21(31)33-2)27-37(32,36-14-6-4-3-5-7-14)34-11-22(10-23)19(30)17(29)18(35-22)15-8-9-16-20(24)25-12-26-28(15)16/h3-9,12-13,17-19,29-30H,11H2,1-2H3,(H,27,32)(H2,24,25,26)/t13-,17+,18-,19-,22+,37+/m0/s1. The maximum Gasteiger partial charge on any atom is 0.459 e. The van der Waals surface area contributed by atoms with Gasteiger partial charge in [-0.15, -0.1) is 0 Å². The Morgan fingerprint density at radius 3 is 2.76 bits per heavy atom. The van der Waals surface area contributed by atoms with Crippen LogP contribution in [0, 0.1) is 11.3 Å². The van der Waals surface area contributed by atoms with E-state index in [1.165, 1.54) is 29.9 Å². The van der Waals surface area contributed by atoms with Gasteiger partial charge in [-0.25, -0.2) is 14.1 Å². The van der Waals surface area contributed by atoms with E-state index in [1.54, 1.807) is 30.3 Å². The first-order chi connectivity index (χ1) is 17.6. The number of rotatable bonds is 9. The van der Waals surface area contributed by atoms with E-state index in [-0.39, 0.29) is 17.3 Å². The Kier molecular flexibility index (Phi) is 7.47. The van der Waals surface area contributed by atoms with Gasteiger partial charge in [0.05, 0.1) is 12.8 Å². The molecular formula is C22H25N6O8P. The third-order valence-corrected chi connectivity index (χ3v) is 7.39. The second kappa shape index (κ2) is 10.4. The van der Waals surface area contributed by atoms with Gasteiger partial charge in [0, 0.05) is 0 Å². The SMILES string of the molecule is COC(=O)[C@H](C)N[P@@](=O)(OC[C@@]1(C#N)O[C@@H](c2ccc3c(N)ncnn23)[C@@H](O)[C@@H]1O)Oc1ccccc1. The summed E-state index contributed by atoms with van der Waals surface area (Å²) in [5.41, 5.74) is 4.40. The number of nitriles is 1. The second-order valence-corrected chi connectivity index (χ2v) is 9.92. The highest BCUT2D eigenvalue weighted by atomic mass is 31.2. The third-order valence-electron chi connectivity index (χ3n) is 5.76. The van der Waals surface area contributed by atoms with E-state index < -0.39 is 50.3 Å². The molecule has 0 bridgehead atoms. The van der Waals surface area contributed by atoms with Crippen LogP contribution in [0.25, 0.3) is 5.52 Å². The molecule has 1 aromatic carbocycles. The van der Waals surface area contributed by atoms with Crippen LogP contribution in [0.4, 0.5) is 5.82 Å². The van der Waals surface area contributed by atoms with Gasteiger partial charge in [-0.05, 0) is 31.2 Å². The number of ether oxygens (including phenoxy) is 2. The smallest absolute Gasteiger partial charge is 0.459 e. The fourth-order valence-electron chi connectivity index (χ4n) is 3.83. The number of anilines is 1. The van der Waals surface area contributed by atoms with Crippen LogP contribution < -0.4 is 15.3 Å². The molecule has 3 aromatic rings. The summed E-state index contributed by atoms with van der Waals surface area (Å²) >= 11 is 0. The van der Waals surface area contributed by atoms with Crippen LogP contribution in [-0.4, -0.2) is 68.3 Å². The normalized spacial score (nSPS) is 25.8. The first-order valence-electron chi connectivity index (χ1n) is 11.0. The number of aromatic nitrogens is 3. The number of nitrogens with zero attached hydrogens (tertiary/aromatic N) is 4. The van der Waals surface area contributed by atoms with Crippen LogP contribution in [0.5, 0.6) is 5.75 Å². The number of hydrogen-bond acceptors (Lipinski definition) is 12. The van der Waals surface area contributed by atoms with E-state index >= 15 is 0 Å². The van der Waals surface area contributed by atoms with Gasteiger partial charge in [0.15, 0.2) is 5.82 Å². The number of para-hydroxylation sites is 1. The number of fused-ring (bicyclic) bond motifs is 1. The molecule has 0 radical (unpaired) electrons. The first-order valence-corrected chi connectivity index (χ1v) is 12.6. The fraction of sp³-hybridized carbons (Fsp3) is 0.364. The summed E-state index contributed by atoms with van der Waals surface area (Å²) in [7, 11) is -3.21. The fourth-order valence-corrected chi connectivity index (χ4v) is 5.35. The summed E-state index contributed by atoms with van der Waals surface area (Å²) in [6, 6.07) is 11.8. The largest absolute Gasteiger partial charge is 0.468 e. The van der Waals surface area contributed by atoms with Crippen molar-refractivity contribution < 1.29 is 38.1 Å². The molecule has 1 saturated heterocycles. The molecule has 37 heavy (non-hydrogen) atoms.